The number of rotatable bonds is 7. The van der Waals surface area contributed by atoms with Gasteiger partial charge < -0.3 is 14.8 Å². The molecule has 2 N–H and O–H groups in total. The fourth-order valence-corrected chi connectivity index (χ4v) is 2.05. The number of quaternary nitrogens is 1. The van der Waals surface area contributed by atoms with Crippen LogP contribution in [0.15, 0.2) is 18.2 Å². The van der Waals surface area contributed by atoms with Crippen LogP contribution in [0.4, 0.5) is 0 Å². The first kappa shape index (κ1) is 12.2. The molecule has 3 heteroatoms. The van der Waals surface area contributed by atoms with Crippen molar-refractivity contribution in [3.63, 3.8) is 0 Å². The summed E-state index contributed by atoms with van der Waals surface area (Å²) in [6.07, 6.45) is 5.34. The van der Waals surface area contributed by atoms with E-state index in [1.165, 1.54) is 37.8 Å². The van der Waals surface area contributed by atoms with Crippen LogP contribution in [-0.4, -0.2) is 13.3 Å². The second-order valence-electron chi connectivity index (χ2n) is 4.53. The highest BCUT2D eigenvalue weighted by Crippen LogP contribution is 2.32. The lowest BCUT2D eigenvalue weighted by molar-refractivity contribution is -0.671. The van der Waals surface area contributed by atoms with Gasteiger partial charge in [0.2, 0.25) is 6.79 Å². The Morgan fingerprint density at radius 3 is 2.88 bits per heavy atom. The van der Waals surface area contributed by atoms with Crippen LogP contribution in [0, 0.1) is 0 Å². The Labute approximate surface area is 103 Å². The Morgan fingerprint density at radius 1 is 1.12 bits per heavy atom. The monoisotopic (exact) mass is 236 g/mol. The van der Waals surface area contributed by atoms with Crippen molar-refractivity contribution in [2.75, 3.05) is 13.3 Å². The first-order chi connectivity index (χ1) is 8.40. The van der Waals surface area contributed by atoms with E-state index in [0.29, 0.717) is 6.79 Å². The Bertz CT molecular complexity index is 352. The van der Waals surface area contributed by atoms with Gasteiger partial charge in [-0.05, 0) is 31.0 Å². The summed E-state index contributed by atoms with van der Waals surface area (Å²) in [6.45, 7) is 4.85. The minimum atomic E-state index is 0.361. The second kappa shape index (κ2) is 6.50. The van der Waals surface area contributed by atoms with Gasteiger partial charge in [-0.1, -0.05) is 19.8 Å². The van der Waals surface area contributed by atoms with E-state index in [9.17, 15) is 0 Å². The number of benzene rings is 1. The molecule has 0 saturated heterocycles. The molecule has 1 aliphatic heterocycles. The number of ether oxygens (including phenoxy) is 2. The molecule has 0 fully saturated rings. The minimum absolute atomic E-state index is 0.361. The van der Waals surface area contributed by atoms with Crippen LogP contribution in [0.2, 0.25) is 0 Å². The molecule has 1 aromatic carbocycles. The summed E-state index contributed by atoms with van der Waals surface area (Å²) in [5.74, 6) is 1.76. The van der Waals surface area contributed by atoms with Gasteiger partial charge in [-0.3, -0.25) is 0 Å². The highest BCUT2D eigenvalue weighted by Gasteiger charge is 2.13. The van der Waals surface area contributed by atoms with Crippen molar-refractivity contribution in [2.24, 2.45) is 0 Å². The van der Waals surface area contributed by atoms with E-state index in [2.05, 4.69) is 24.4 Å². The summed E-state index contributed by atoms with van der Waals surface area (Å²) in [5, 5.41) is 2.37. The van der Waals surface area contributed by atoms with E-state index in [1.807, 2.05) is 6.07 Å². The maximum Gasteiger partial charge on any atom is 0.231 e. The third-order valence-corrected chi connectivity index (χ3v) is 3.08. The molecule has 0 aromatic heterocycles. The van der Waals surface area contributed by atoms with Crippen molar-refractivity contribution < 1.29 is 14.8 Å². The molecule has 3 nitrogen and oxygen atoms in total. The van der Waals surface area contributed by atoms with Crippen LogP contribution in [0.1, 0.15) is 38.2 Å². The van der Waals surface area contributed by atoms with E-state index in [0.717, 1.165) is 18.0 Å². The molecular formula is C14H22NO2+. The third kappa shape index (κ3) is 3.63. The smallest absolute Gasteiger partial charge is 0.231 e. The van der Waals surface area contributed by atoms with Crippen LogP contribution >= 0.6 is 0 Å². The van der Waals surface area contributed by atoms with E-state index in [1.54, 1.807) is 0 Å². The SMILES string of the molecule is CCCCCC[NH2+]Cc1ccc2c(c1)OCO2. The van der Waals surface area contributed by atoms with Gasteiger partial charge in [0.05, 0.1) is 6.54 Å². The molecule has 1 aliphatic rings. The number of nitrogens with two attached hydrogens (primary N) is 1. The quantitative estimate of drug-likeness (QED) is 0.735. The van der Waals surface area contributed by atoms with Crippen molar-refractivity contribution in [3.05, 3.63) is 23.8 Å². The lowest BCUT2D eigenvalue weighted by atomic mass is 10.2. The summed E-state index contributed by atoms with van der Waals surface area (Å²) in [4.78, 5) is 0. The molecule has 0 saturated carbocycles. The Balaban J connectivity index is 1.69. The van der Waals surface area contributed by atoms with Crippen molar-refractivity contribution in [1.29, 1.82) is 0 Å². The molecule has 0 radical (unpaired) electrons. The molecule has 0 amide bonds. The molecule has 1 heterocycles. The number of hydrogen-bond acceptors (Lipinski definition) is 2. The molecule has 0 spiro atoms. The zero-order valence-electron chi connectivity index (χ0n) is 10.6. The highest BCUT2D eigenvalue weighted by molar-refractivity contribution is 5.44. The lowest BCUT2D eigenvalue weighted by Gasteiger charge is -2.03. The fraction of sp³-hybridized carbons (Fsp3) is 0.571. The highest BCUT2D eigenvalue weighted by atomic mass is 16.7. The van der Waals surface area contributed by atoms with Gasteiger partial charge in [0, 0.05) is 5.56 Å². The topological polar surface area (TPSA) is 35.1 Å². The Hall–Kier alpha value is -1.22. The zero-order valence-corrected chi connectivity index (χ0v) is 10.6. The van der Waals surface area contributed by atoms with E-state index < -0.39 is 0 Å². The molecule has 0 aliphatic carbocycles. The van der Waals surface area contributed by atoms with Gasteiger partial charge in [-0.15, -0.1) is 0 Å². The van der Waals surface area contributed by atoms with Gasteiger partial charge in [-0.2, -0.15) is 0 Å². The van der Waals surface area contributed by atoms with Gasteiger partial charge in [0.1, 0.15) is 6.54 Å². The van der Waals surface area contributed by atoms with Crippen molar-refractivity contribution in [3.8, 4) is 11.5 Å². The second-order valence-corrected chi connectivity index (χ2v) is 4.53. The van der Waals surface area contributed by atoms with Gasteiger partial charge >= 0.3 is 0 Å². The standard InChI is InChI=1S/C14H21NO2/c1-2-3-4-5-8-15-10-12-6-7-13-14(9-12)17-11-16-13/h6-7,9,15H,2-5,8,10-11H2,1H3/p+1. The van der Waals surface area contributed by atoms with E-state index in [-0.39, 0.29) is 0 Å². The summed E-state index contributed by atoms with van der Waals surface area (Å²) in [5.41, 5.74) is 1.31. The van der Waals surface area contributed by atoms with E-state index >= 15 is 0 Å². The predicted molar refractivity (Wildman–Crippen MR) is 67.2 cm³/mol. The summed E-state index contributed by atoms with van der Waals surface area (Å²) in [7, 11) is 0. The van der Waals surface area contributed by atoms with Crippen LogP contribution in [0.3, 0.4) is 0 Å². The van der Waals surface area contributed by atoms with Crippen molar-refractivity contribution >= 4 is 0 Å². The average Bonchev–Trinajstić information content (AvgIpc) is 2.81. The molecule has 0 unspecified atom stereocenters. The molecule has 2 rings (SSSR count). The fourth-order valence-electron chi connectivity index (χ4n) is 2.05. The van der Waals surface area contributed by atoms with Gasteiger partial charge in [0.15, 0.2) is 11.5 Å². The number of hydrogen-bond donors (Lipinski definition) is 1. The van der Waals surface area contributed by atoms with Crippen LogP contribution in [0.25, 0.3) is 0 Å². The summed E-state index contributed by atoms with van der Waals surface area (Å²) in [6, 6.07) is 6.21. The third-order valence-electron chi connectivity index (χ3n) is 3.08. The summed E-state index contributed by atoms with van der Waals surface area (Å²) >= 11 is 0. The Morgan fingerprint density at radius 2 is 2.00 bits per heavy atom. The first-order valence-corrected chi connectivity index (χ1v) is 6.60. The van der Waals surface area contributed by atoms with Crippen molar-refractivity contribution in [2.45, 2.75) is 39.2 Å². The zero-order chi connectivity index (χ0) is 11.9. The molecule has 94 valence electrons. The van der Waals surface area contributed by atoms with E-state index in [4.69, 9.17) is 9.47 Å². The molecule has 17 heavy (non-hydrogen) atoms. The molecule has 1 aromatic rings. The lowest BCUT2D eigenvalue weighted by Crippen LogP contribution is -2.82. The van der Waals surface area contributed by atoms with Gasteiger partial charge in [0.25, 0.3) is 0 Å². The van der Waals surface area contributed by atoms with Crippen LogP contribution in [0.5, 0.6) is 11.5 Å². The minimum Gasteiger partial charge on any atom is -0.454 e. The number of unbranched alkanes of at least 4 members (excludes halogenated alkanes) is 3. The molecule has 0 atom stereocenters. The molecular weight excluding hydrogens is 214 g/mol. The summed E-state index contributed by atoms with van der Waals surface area (Å²) < 4.78 is 10.7. The van der Waals surface area contributed by atoms with Crippen molar-refractivity contribution in [1.82, 2.24) is 0 Å². The van der Waals surface area contributed by atoms with Gasteiger partial charge in [-0.25, -0.2) is 0 Å². The largest absolute Gasteiger partial charge is 0.454 e. The maximum atomic E-state index is 5.36. The normalized spacial score (nSPS) is 13.0. The maximum absolute atomic E-state index is 5.36. The Kier molecular flexibility index (Phi) is 4.68. The van der Waals surface area contributed by atoms with Crippen LogP contribution in [-0.2, 0) is 6.54 Å². The average molecular weight is 236 g/mol. The molecule has 0 bridgehead atoms. The predicted octanol–water partition coefficient (Wildman–Crippen LogP) is 2.06. The van der Waals surface area contributed by atoms with Crippen LogP contribution < -0.4 is 14.8 Å². The first-order valence-electron chi connectivity index (χ1n) is 6.60. The number of fused-ring (bicyclic) bond motifs is 1.